The maximum absolute atomic E-state index is 12.2. The van der Waals surface area contributed by atoms with Gasteiger partial charge in [0.25, 0.3) is 0 Å². The van der Waals surface area contributed by atoms with E-state index < -0.39 is 0 Å². The summed E-state index contributed by atoms with van der Waals surface area (Å²) >= 11 is 5.86. The van der Waals surface area contributed by atoms with Crippen molar-refractivity contribution in [2.75, 3.05) is 14.2 Å². The van der Waals surface area contributed by atoms with Gasteiger partial charge in [0.05, 0.1) is 7.11 Å². The van der Waals surface area contributed by atoms with E-state index in [4.69, 9.17) is 16.3 Å². The van der Waals surface area contributed by atoms with Crippen molar-refractivity contribution in [2.24, 2.45) is 0 Å². The van der Waals surface area contributed by atoms with Crippen molar-refractivity contribution in [1.29, 1.82) is 0 Å². The molecule has 2 aromatic rings. The zero-order chi connectivity index (χ0) is 15.9. The predicted molar refractivity (Wildman–Crippen MR) is 89.2 cm³/mol. The molecule has 0 atom stereocenters. The van der Waals surface area contributed by atoms with Gasteiger partial charge in [0.15, 0.2) is 0 Å². The van der Waals surface area contributed by atoms with Gasteiger partial charge in [-0.2, -0.15) is 0 Å². The summed E-state index contributed by atoms with van der Waals surface area (Å²) in [5, 5.41) is 0.703. The van der Waals surface area contributed by atoms with Crippen LogP contribution in [0.4, 0.5) is 0 Å². The van der Waals surface area contributed by atoms with Crippen LogP contribution >= 0.6 is 11.6 Å². The molecule has 0 spiro atoms. The Balaban J connectivity index is 1.90. The van der Waals surface area contributed by atoms with E-state index in [9.17, 15) is 4.79 Å². The first kappa shape index (κ1) is 16.4. The lowest BCUT2D eigenvalue weighted by Crippen LogP contribution is -2.26. The van der Waals surface area contributed by atoms with Gasteiger partial charge in [-0.1, -0.05) is 41.9 Å². The molecule has 1 amide bonds. The molecule has 4 heteroatoms. The van der Waals surface area contributed by atoms with Crippen molar-refractivity contribution in [3.05, 3.63) is 64.7 Å². The van der Waals surface area contributed by atoms with Gasteiger partial charge in [-0.15, -0.1) is 0 Å². The quantitative estimate of drug-likeness (QED) is 0.807. The summed E-state index contributed by atoms with van der Waals surface area (Å²) < 4.78 is 5.31. The van der Waals surface area contributed by atoms with Crippen molar-refractivity contribution >= 4 is 17.5 Å². The van der Waals surface area contributed by atoms with E-state index in [0.717, 1.165) is 16.9 Å². The van der Waals surface area contributed by atoms with E-state index in [1.54, 1.807) is 12.0 Å². The summed E-state index contributed by atoms with van der Waals surface area (Å²) in [6, 6.07) is 15.3. The molecule has 0 radical (unpaired) electrons. The van der Waals surface area contributed by atoms with Gasteiger partial charge >= 0.3 is 0 Å². The fourth-order valence-electron chi connectivity index (χ4n) is 2.29. The third-order valence-corrected chi connectivity index (χ3v) is 3.81. The van der Waals surface area contributed by atoms with Gasteiger partial charge in [0.1, 0.15) is 5.75 Å². The number of ether oxygens (including phenoxy) is 1. The first-order valence-electron chi connectivity index (χ1n) is 7.20. The molecule has 2 rings (SSSR count). The normalized spacial score (nSPS) is 10.3. The molecule has 0 aromatic heterocycles. The molecule has 0 bridgehead atoms. The smallest absolute Gasteiger partial charge is 0.222 e. The zero-order valence-corrected chi connectivity index (χ0v) is 13.6. The number of nitrogens with zero attached hydrogens (tertiary/aromatic N) is 1. The Morgan fingerprint density at radius 2 is 1.82 bits per heavy atom. The second kappa shape index (κ2) is 7.85. The maximum Gasteiger partial charge on any atom is 0.222 e. The van der Waals surface area contributed by atoms with Crippen LogP contribution in [0, 0.1) is 0 Å². The molecule has 116 valence electrons. The summed E-state index contributed by atoms with van der Waals surface area (Å²) in [7, 11) is 3.46. The van der Waals surface area contributed by atoms with Gasteiger partial charge in [0, 0.05) is 25.0 Å². The van der Waals surface area contributed by atoms with Gasteiger partial charge in [-0.25, -0.2) is 0 Å². The molecular weight excluding hydrogens is 298 g/mol. The summed E-state index contributed by atoms with van der Waals surface area (Å²) in [5.41, 5.74) is 2.12. The second-order valence-corrected chi connectivity index (χ2v) is 5.62. The molecule has 0 saturated heterocycles. The van der Waals surface area contributed by atoms with E-state index in [1.165, 1.54) is 0 Å². The highest BCUT2D eigenvalue weighted by molar-refractivity contribution is 6.30. The molecule has 0 saturated carbocycles. The average molecular weight is 318 g/mol. The molecule has 0 heterocycles. The van der Waals surface area contributed by atoms with E-state index in [0.29, 0.717) is 24.4 Å². The van der Waals surface area contributed by atoms with E-state index in [1.807, 2.05) is 55.6 Å². The highest BCUT2D eigenvalue weighted by atomic mass is 35.5. The van der Waals surface area contributed by atoms with E-state index in [2.05, 4.69) is 0 Å². The molecular formula is C18H20ClNO2. The van der Waals surface area contributed by atoms with Crippen molar-refractivity contribution in [1.82, 2.24) is 4.90 Å². The molecule has 3 nitrogen and oxygen atoms in total. The first-order chi connectivity index (χ1) is 10.6. The van der Waals surface area contributed by atoms with Gasteiger partial charge in [-0.05, 0) is 35.7 Å². The molecule has 0 unspecified atom stereocenters. The molecule has 2 aromatic carbocycles. The third kappa shape index (κ3) is 4.50. The molecule has 0 aliphatic heterocycles. The number of rotatable bonds is 6. The predicted octanol–water partition coefficient (Wildman–Crippen LogP) is 3.94. The number of amides is 1. The molecule has 0 fully saturated rings. The topological polar surface area (TPSA) is 29.5 Å². The minimum Gasteiger partial charge on any atom is -0.496 e. The van der Waals surface area contributed by atoms with Crippen LogP contribution in [0.1, 0.15) is 17.5 Å². The summed E-state index contributed by atoms with van der Waals surface area (Å²) in [6.07, 6.45) is 1.14. The minimum atomic E-state index is 0.112. The number of hydrogen-bond donors (Lipinski definition) is 0. The second-order valence-electron chi connectivity index (χ2n) is 5.19. The zero-order valence-electron chi connectivity index (χ0n) is 12.9. The molecule has 22 heavy (non-hydrogen) atoms. The molecule has 0 aliphatic carbocycles. The van der Waals surface area contributed by atoms with Crippen LogP contribution in [0.25, 0.3) is 0 Å². The fraction of sp³-hybridized carbons (Fsp3) is 0.278. The van der Waals surface area contributed by atoms with Crippen molar-refractivity contribution in [2.45, 2.75) is 19.4 Å². The number of aryl methyl sites for hydroxylation is 1. The van der Waals surface area contributed by atoms with Crippen molar-refractivity contribution in [3.8, 4) is 5.75 Å². The van der Waals surface area contributed by atoms with Crippen molar-refractivity contribution < 1.29 is 9.53 Å². The molecule has 0 aliphatic rings. The Hall–Kier alpha value is -2.00. The fourth-order valence-corrected chi connectivity index (χ4v) is 2.42. The van der Waals surface area contributed by atoms with Gasteiger partial charge < -0.3 is 9.64 Å². The van der Waals surface area contributed by atoms with Gasteiger partial charge in [-0.3, -0.25) is 4.79 Å². The van der Waals surface area contributed by atoms with Gasteiger partial charge in [0.2, 0.25) is 5.91 Å². The number of carbonyl (C=O) groups excluding carboxylic acids is 1. The largest absolute Gasteiger partial charge is 0.496 e. The lowest BCUT2D eigenvalue weighted by molar-refractivity contribution is -0.130. The Kier molecular flexibility index (Phi) is 5.84. The van der Waals surface area contributed by atoms with Crippen LogP contribution in [0.15, 0.2) is 48.5 Å². The highest BCUT2D eigenvalue weighted by Crippen LogP contribution is 2.19. The Labute approximate surface area is 136 Å². The van der Waals surface area contributed by atoms with Crippen LogP contribution in [0.3, 0.4) is 0 Å². The SMILES string of the molecule is COc1ccccc1CCC(=O)N(C)Cc1ccc(Cl)cc1. The van der Waals surface area contributed by atoms with Crippen molar-refractivity contribution in [3.63, 3.8) is 0 Å². The number of methoxy groups -OCH3 is 1. The number of halogens is 1. The van der Waals surface area contributed by atoms with E-state index >= 15 is 0 Å². The summed E-state index contributed by atoms with van der Waals surface area (Å²) in [4.78, 5) is 14.0. The lowest BCUT2D eigenvalue weighted by Gasteiger charge is -2.17. The number of para-hydroxylation sites is 1. The van der Waals surface area contributed by atoms with Crippen LogP contribution < -0.4 is 4.74 Å². The highest BCUT2D eigenvalue weighted by Gasteiger charge is 2.11. The lowest BCUT2D eigenvalue weighted by atomic mass is 10.1. The summed E-state index contributed by atoms with van der Waals surface area (Å²) in [6.45, 7) is 0.585. The number of hydrogen-bond acceptors (Lipinski definition) is 2. The Morgan fingerprint density at radius 1 is 1.14 bits per heavy atom. The van der Waals surface area contributed by atoms with Crippen LogP contribution in [-0.4, -0.2) is 25.0 Å². The Bertz CT molecular complexity index is 625. The standard InChI is InChI=1S/C18H20ClNO2/c1-20(13-14-7-10-16(19)11-8-14)18(21)12-9-15-5-3-4-6-17(15)22-2/h3-8,10-11H,9,12-13H2,1-2H3. The average Bonchev–Trinajstić information content (AvgIpc) is 2.54. The Morgan fingerprint density at radius 3 is 2.50 bits per heavy atom. The maximum atomic E-state index is 12.2. The van der Waals surface area contributed by atoms with Crippen LogP contribution in [0.5, 0.6) is 5.75 Å². The third-order valence-electron chi connectivity index (χ3n) is 3.56. The van der Waals surface area contributed by atoms with Crippen LogP contribution in [-0.2, 0) is 17.8 Å². The number of carbonyl (C=O) groups is 1. The van der Waals surface area contributed by atoms with Crippen LogP contribution in [0.2, 0.25) is 5.02 Å². The molecule has 0 N–H and O–H groups in total. The number of benzene rings is 2. The minimum absolute atomic E-state index is 0.112. The summed E-state index contributed by atoms with van der Waals surface area (Å²) in [5.74, 6) is 0.941. The monoisotopic (exact) mass is 317 g/mol. The first-order valence-corrected chi connectivity index (χ1v) is 7.58. The van der Waals surface area contributed by atoms with E-state index in [-0.39, 0.29) is 5.91 Å².